The van der Waals surface area contributed by atoms with Crippen molar-refractivity contribution < 1.29 is 9.53 Å². The van der Waals surface area contributed by atoms with Crippen LogP contribution in [0.25, 0.3) is 11.1 Å². The van der Waals surface area contributed by atoms with Gasteiger partial charge in [-0.25, -0.2) is 4.79 Å². The molecule has 2 aromatic carbocycles. The van der Waals surface area contributed by atoms with Gasteiger partial charge in [0.1, 0.15) is 0 Å². The van der Waals surface area contributed by atoms with Gasteiger partial charge in [-0.05, 0) is 34.2 Å². The van der Waals surface area contributed by atoms with Crippen molar-refractivity contribution in [2.75, 3.05) is 7.11 Å². The maximum Gasteiger partial charge on any atom is 0.337 e. The molecule has 0 atom stereocenters. The lowest BCUT2D eigenvalue weighted by molar-refractivity contribution is 0.0601. The first-order valence-electron chi connectivity index (χ1n) is 6.71. The highest BCUT2D eigenvalue weighted by Gasteiger charge is 2.13. The molecule has 2 nitrogen and oxygen atoms in total. The standard InChI is InChI=1S/C18H20O2/c1-18(2,3)16-11-9-14(10-12-16)13-5-7-15(8-6-13)17(19)20-4/h5-12H,1-4H3. The molecule has 2 rings (SSSR count). The summed E-state index contributed by atoms with van der Waals surface area (Å²) < 4.78 is 4.70. The fraction of sp³-hybridized carbons (Fsp3) is 0.278. The first-order chi connectivity index (χ1) is 9.41. The Morgan fingerprint density at radius 3 is 1.70 bits per heavy atom. The quantitative estimate of drug-likeness (QED) is 0.753. The van der Waals surface area contributed by atoms with Crippen molar-refractivity contribution in [2.24, 2.45) is 0 Å². The molecule has 0 N–H and O–H groups in total. The second kappa shape index (κ2) is 5.49. The summed E-state index contributed by atoms with van der Waals surface area (Å²) in [5.41, 5.74) is 4.29. The second-order valence-electron chi connectivity index (χ2n) is 5.90. The van der Waals surface area contributed by atoms with E-state index in [-0.39, 0.29) is 11.4 Å². The predicted octanol–water partition coefficient (Wildman–Crippen LogP) is 4.44. The normalized spacial score (nSPS) is 11.2. The Morgan fingerprint density at radius 1 is 0.850 bits per heavy atom. The van der Waals surface area contributed by atoms with Crippen molar-refractivity contribution in [3.05, 3.63) is 59.7 Å². The molecule has 0 saturated carbocycles. The largest absolute Gasteiger partial charge is 0.465 e. The molecule has 20 heavy (non-hydrogen) atoms. The van der Waals surface area contributed by atoms with Crippen molar-refractivity contribution in [2.45, 2.75) is 26.2 Å². The van der Waals surface area contributed by atoms with Gasteiger partial charge in [0.2, 0.25) is 0 Å². The smallest absolute Gasteiger partial charge is 0.337 e. The molecule has 0 heterocycles. The van der Waals surface area contributed by atoms with Crippen molar-refractivity contribution >= 4 is 5.97 Å². The van der Waals surface area contributed by atoms with E-state index in [1.54, 1.807) is 12.1 Å². The molecule has 0 aliphatic heterocycles. The fourth-order valence-corrected chi connectivity index (χ4v) is 2.08. The first kappa shape index (κ1) is 14.3. The number of hydrogen-bond acceptors (Lipinski definition) is 2. The van der Waals surface area contributed by atoms with Gasteiger partial charge in [-0.2, -0.15) is 0 Å². The number of rotatable bonds is 2. The van der Waals surface area contributed by atoms with Crippen LogP contribution in [0.15, 0.2) is 48.5 Å². The molecular weight excluding hydrogens is 248 g/mol. The molecule has 0 amide bonds. The highest BCUT2D eigenvalue weighted by Crippen LogP contribution is 2.26. The van der Waals surface area contributed by atoms with E-state index in [1.807, 2.05) is 12.1 Å². The molecule has 0 fully saturated rings. The Morgan fingerprint density at radius 2 is 1.30 bits per heavy atom. The van der Waals surface area contributed by atoms with Crippen LogP contribution >= 0.6 is 0 Å². The molecule has 0 unspecified atom stereocenters. The summed E-state index contributed by atoms with van der Waals surface area (Å²) in [6.07, 6.45) is 0. The number of methoxy groups -OCH3 is 1. The average molecular weight is 268 g/mol. The summed E-state index contributed by atoms with van der Waals surface area (Å²) in [5, 5.41) is 0. The van der Waals surface area contributed by atoms with Gasteiger partial charge >= 0.3 is 5.97 Å². The fourth-order valence-electron chi connectivity index (χ4n) is 2.08. The Hall–Kier alpha value is -2.09. The van der Waals surface area contributed by atoms with Gasteiger partial charge in [0.25, 0.3) is 0 Å². The third kappa shape index (κ3) is 3.08. The van der Waals surface area contributed by atoms with E-state index in [2.05, 4.69) is 45.0 Å². The lowest BCUT2D eigenvalue weighted by Crippen LogP contribution is -2.10. The molecule has 0 aliphatic rings. The van der Waals surface area contributed by atoms with Crippen LogP contribution in [-0.2, 0) is 10.2 Å². The SMILES string of the molecule is COC(=O)c1ccc(-c2ccc(C(C)(C)C)cc2)cc1. The molecule has 0 aliphatic carbocycles. The molecule has 0 aromatic heterocycles. The average Bonchev–Trinajstić information content (AvgIpc) is 2.46. The minimum absolute atomic E-state index is 0.160. The number of esters is 1. The Bertz CT molecular complexity index is 587. The number of carbonyl (C=O) groups excluding carboxylic acids is 1. The first-order valence-corrected chi connectivity index (χ1v) is 6.71. The zero-order valence-corrected chi connectivity index (χ0v) is 12.4. The van der Waals surface area contributed by atoms with E-state index >= 15 is 0 Å². The van der Waals surface area contributed by atoms with E-state index in [9.17, 15) is 4.79 Å². The van der Waals surface area contributed by atoms with Crippen LogP contribution < -0.4 is 0 Å². The van der Waals surface area contributed by atoms with E-state index in [0.29, 0.717) is 5.56 Å². The van der Waals surface area contributed by atoms with Gasteiger partial charge < -0.3 is 4.74 Å². The third-order valence-electron chi connectivity index (χ3n) is 3.39. The Kier molecular flexibility index (Phi) is 3.93. The Balaban J connectivity index is 2.26. The highest BCUT2D eigenvalue weighted by atomic mass is 16.5. The molecule has 2 heteroatoms. The van der Waals surface area contributed by atoms with Crippen LogP contribution in [0.2, 0.25) is 0 Å². The third-order valence-corrected chi connectivity index (χ3v) is 3.39. The Labute approximate surface area is 120 Å². The summed E-state index contributed by atoms with van der Waals surface area (Å²) in [6.45, 7) is 6.60. The number of hydrogen-bond donors (Lipinski definition) is 0. The topological polar surface area (TPSA) is 26.3 Å². The van der Waals surface area contributed by atoms with Crippen LogP contribution in [-0.4, -0.2) is 13.1 Å². The molecule has 104 valence electrons. The van der Waals surface area contributed by atoms with Crippen molar-refractivity contribution in [3.8, 4) is 11.1 Å². The van der Waals surface area contributed by atoms with E-state index in [1.165, 1.54) is 12.7 Å². The summed E-state index contributed by atoms with van der Waals surface area (Å²) in [6, 6.07) is 16.0. The van der Waals surface area contributed by atoms with Crippen LogP contribution in [0.3, 0.4) is 0 Å². The number of ether oxygens (including phenoxy) is 1. The second-order valence-corrected chi connectivity index (χ2v) is 5.90. The minimum Gasteiger partial charge on any atom is -0.465 e. The van der Waals surface area contributed by atoms with Crippen LogP contribution in [0.1, 0.15) is 36.7 Å². The highest BCUT2D eigenvalue weighted by molar-refractivity contribution is 5.89. The number of benzene rings is 2. The van der Waals surface area contributed by atoms with Crippen LogP contribution in [0.5, 0.6) is 0 Å². The van der Waals surface area contributed by atoms with E-state index in [0.717, 1.165) is 11.1 Å². The summed E-state index contributed by atoms with van der Waals surface area (Å²) in [7, 11) is 1.39. The summed E-state index contributed by atoms with van der Waals surface area (Å²) in [5.74, 6) is -0.306. The predicted molar refractivity (Wildman–Crippen MR) is 81.9 cm³/mol. The minimum atomic E-state index is -0.306. The monoisotopic (exact) mass is 268 g/mol. The molecule has 0 saturated heterocycles. The lowest BCUT2D eigenvalue weighted by Gasteiger charge is -2.19. The van der Waals surface area contributed by atoms with Crippen molar-refractivity contribution in [1.29, 1.82) is 0 Å². The summed E-state index contributed by atoms with van der Waals surface area (Å²) in [4.78, 5) is 11.4. The van der Waals surface area contributed by atoms with E-state index in [4.69, 9.17) is 4.74 Å². The van der Waals surface area contributed by atoms with Crippen LogP contribution in [0, 0.1) is 0 Å². The number of carbonyl (C=O) groups is 1. The van der Waals surface area contributed by atoms with Gasteiger partial charge in [-0.3, -0.25) is 0 Å². The van der Waals surface area contributed by atoms with Gasteiger partial charge in [-0.1, -0.05) is 57.2 Å². The van der Waals surface area contributed by atoms with Gasteiger partial charge in [0.05, 0.1) is 12.7 Å². The summed E-state index contributed by atoms with van der Waals surface area (Å²) >= 11 is 0. The molecular formula is C18H20O2. The maximum absolute atomic E-state index is 11.4. The molecule has 0 bridgehead atoms. The van der Waals surface area contributed by atoms with Crippen molar-refractivity contribution in [1.82, 2.24) is 0 Å². The van der Waals surface area contributed by atoms with Gasteiger partial charge in [-0.15, -0.1) is 0 Å². The van der Waals surface area contributed by atoms with Crippen LogP contribution in [0.4, 0.5) is 0 Å². The lowest BCUT2D eigenvalue weighted by atomic mass is 9.86. The molecule has 0 spiro atoms. The molecule has 2 aromatic rings. The molecule has 0 radical (unpaired) electrons. The van der Waals surface area contributed by atoms with Gasteiger partial charge in [0, 0.05) is 0 Å². The zero-order valence-electron chi connectivity index (χ0n) is 12.4. The van der Waals surface area contributed by atoms with E-state index < -0.39 is 0 Å². The maximum atomic E-state index is 11.4. The van der Waals surface area contributed by atoms with Gasteiger partial charge in [0.15, 0.2) is 0 Å². The zero-order chi connectivity index (χ0) is 14.8. The van der Waals surface area contributed by atoms with Crippen molar-refractivity contribution in [3.63, 3.8) is 0 Å².